The van der Waals surface area contributed by atoms with Gasteiger partial charge in [0.05, 0.1) is 6.54 Å². The van der Waals surface area contributed by atoms with E-state index in [1.165, 1.54) is 0 Å². The van der Waals surface area contributed by atoms with Gasteiger partial charge in [0, 0.05) is 0 Å². The fourth-order valence-corrected chi connectivity index (χ4v) is 2.79. The lowest BCUT2D eigenvalue weighted by molar-refractivity contribution is -0.151. The summed E-state index contributed by atoms with van der Waals surface area (Å²) in [6.07, 6.45) is 2.43. The number of rotatable bonds is 4. The molecule has 0 heterocycles. The third kappa shape index (κ3) is 3.15. The first-order valence-electron chi connectivity index (χ1n) is 6.38. The molecule has 0 radical (unpaired) electrons. The number of aliphatic carboxylic acids is 1. The Balaban J connectivity index is 2.84. The number of nitrogens with two attached hydrogens (primary N) is 1. The van der Waals surface area contributed by atoms with E-state index in [-0.39, 0.29) is 18.4 Å². The van der Waals surface area contributed by atoms with Gasteiger partial charge < -0.3 is 21.5 Å². The van der Waals surface area contributed by atoms with Crippen molar-refractivity contribution in [3.8, 4) is 0 Å². The van der Waals surface area contributed by atoms with Crippen molar-refractivity contribution in [1.82, 2.24) is 10.6 Å². The van der Waals surface area contributed by atoms with Gasteiger partial charge in [-0.05, 0) is 24.7 Å². The third-order valence-corrected chi connectivity index (χ3v) is 3.93. The van der Waals surface area contributed by atoms with Crippen LogP contribution < -0.4 is 16.4 Å². The van der Waals surface area contributed by atoms with E-state index in [1.54, 1.807) is 0 Å². The number of carboxylic acid groups (broad SMARTS) is 1. The van der Waals surface area contributed by atoms with E-state index in [2.05, 4.69) is 10.6 Å². The number of primary amides is 1. The average molecular weight is 271 g/mol. The van der Waals surface area contributed by atoms with Crippen LogP contribution in [-0.2, 0) is 9.59 Å². The van der Waals surface area contributed by atoms with E-state index < -0.39 is 23.4 Å². The molecule has 0 aliphatic heterocycles. The van der Waals surface area contributed by atoms with Gasteiger partial charge in [-0.1, -0.05) is 20.3 Å². The zero-order valence-corrected chi connectivity index (χ0v) is 11.2. The van der Waals surface area contributed by atoms with E-state index in [1.807, 2.05) is 13.8 Å². The minimum absolute atomic E-state index is 0.173. The zero-order chi connectivity index (χ0) is 14.6. The first kappa shape index (κ1) is 15.3. The molecular weight excluding hydrogens is 250 g/mol. The highest BCUT2D eigenvalue weighted by Gasteiger charge is 2.51. The predicted octanol–water partition coefficient (Wildman–Crippen LogP) is 0.0504. The molecule has 7 nitrogen and oxygen atoms in total. The van der Waals surface area contributed by atoms with Crippen LogP contribution in [0.25, 0.3) is 0 Å². The van der Waals surface area contributed by atoms with Crippen molar-refractivity contribution < 1.29 is 19.5 Å². The van der Waals surface area contributed by atoms with Crippen molar-refractivity contribution >= 4 is 17.9 Å². The van der Waals surface area contributed by atoms with Crippen LogP contribution in [0.15, 0.2) is 0 Å². The molecular formula is C12H21N3O4. The molecule has 0 bridgehead atoms. The molecule has 0 aromatic rings. The summed E-state index contributed by atoms with van der Waals surface area (Å²) in [4.78, 5) is 34.0. The SMILES string of the molecule is CC1CCCC(C)C1(NC(=O)NCC(N)=O)C(=O)O. The molecule has 7 heteroatoms. The van der Waals surface area contributed by atoms with Crippen LogP contribution in [0.3, 0.4) is 0 Å². The Hall–Kier alpha value is -1.79. The van der Waals surface area contributed by atoms with Crippen molar-refractivity contribution in [1.29, 1.82) is 0 Å². The maximum absolute atomic E-state index is 11.7. The molecule has 0 spiro atoms. The van der Waals surface area contributed by atoms with Gasteiger partial charge in [0.15, 0.2) is 0 Å². The molecule has 1 rings (SSSR count). The monoisotopic (exact) mass is 271 g/mol. The Morgan fingerprint density at radius 3 is 2.21 bits per heavy atom. The first-order chi connectivity index (χ1) is 8.80. The third-order valence-electron chi connectivity index (χ3n) is 3.93. The minimum Gasteiger partial charge on any atom is -0.479 e. The number of carbonyl (C=O) groups excluding carboxylic acids is 2. The molecule has 5 N–H and O–H groups in total. The van der Waals surface area contributed by atoms with Gasteiger partial charge in [-0.2, -0.15) is 0 Å². The van der Waals surface area contributed by atoms with Crippen molar-refractivity contribution in [2.75, 3.05) is 6.54 Å². The van der Waals surface area contributed by atoms with E-state index >= 15 is 0 Å². The van der Waals surface area contributed by atoms with Crippen LogP contribution in [0, 0.1) is 11.8 Å². The Kier molecular flexibility index (Phi) is 4.74. The van der Waals surface area contributed by atoms with E-state index in [9.17, 15) is 19.5 Å². The average Bonchev–Trinajstić information content (AvgIpc) is 2.31. The molecule has 0 saturated heterocycles. The molecule has 19 heavy (non-hydrogen) atoms. The molecule has 2 unspecified atom stereocenters. The zero-order valence-electron chi connectivity index (χ0n) is 11.2. The number of hydrogen-bond acceptors (Lipinski definition) is 3. The lowest BCUT2D eigenvalue weighted by Crippen LogP contribution is -2.65. The summed E-state index contributed by atoms with van der Waals surface area (Å²) < 4.78 is 0. The number of carboxylic acids is 1. The highest BCUT2D eigenvalue weighted by Crippen LogP contribution is 2.38. The van der Waals surface area contributed by atoms with Crippen LogP contribution in [-0.4, -0.2) is 35.1 Å². The molecule has 108 valence electrons. The van der Waals surface area contributed by atoms with Gasteiger partial charge in [0.1, 0.15) is 5.54 Å². The van der Waals surface area contributed by atoms with Gasteiger partial charge in [-0.15, -0.1) is 0 Å². The molecule has 0 aromatic carbocycles. The van der Waals surface area contributed by atoms with Crippen LogP contribution in [0.1, 0.15) is 33.1 Å². The maximum atomic E-state index is 11.7. The van der Waals surface area contributed by atoms with Gasteiger partial charge >= 0.3 is 12.0 Å². The Labute approximate surface area is 111 Å². The second-order valence-corrected chi connectivity index (χ2v) is 5.18. The van der Waals surface area contributed by atoms with Crippen molar-refractivity contribution in [2.24, 2.45) is 17.6 Å². The summed E-state index contributed by atoms with van der Waals surface area (Å²) in [5, 5.41) is 14.3. The van der Waals surface area contributed by atoms with E-state index in [0.29, 0.717) is 0 Å². The molecule has 0 aromatic heterocycles. The Bertz CT molecular complexity index is 373. The van der Waals surface area contributed by atoms with Crippen molar-refractivity contribution in [3.63, 3.8) is 0 Å². The summed E-state index contributed by atoms with van der Waals surface area (Å²) in [7, 11) is 0. The lowest BCUT2D eigenvalue weighted by atomic mass is 9.67. The fourth-order valence-electron chi connectivity index (χ4n) is 2.79. The summed E-state index contributed by atoms with van der Waals surface area (Å²) in [5.74, 6) is -2.06. The summed E-state index contributed by atoms with van der Waals surface area (Å²) >= 11 is 0. The van der Waals surface area contributed by atoms with Crippen molar-refractivity contribution in [3.05, 3.63) is 0 Å². The van der Waals surface area contributed by atoms with Crippen LogP contribution in [0.5, 0.6) is 0 Å². The number of hydrogen-bond donors (Lipinski definition) is 4. The Morgan fingerprint density at radius 2 is 1.79 bits per heavy atom. The van der Waals surface area contributed by atoms with Gasteiger partial charge in [-0.25, -0.2) is 9.59 Å². The topological polar surface area (TPSA) is 122 Å². The molecule has 1 aliphatic carbocycles. The number of carbonyl (C=O) groups is 3. The van der Waals surface area contributed by atoms with Crippen LogP contribution >= 0.6 is 0 Å². The highest BCUT2D eigenvalue weighted by molar-refractivity contribution is 5.89. The molecule has 1 fully saturated rings. The van der Waals surface area contributed by atoms with Gasteiger partial charge in [0.25, 0.3) is 0 Å². The second kappa shape index (κ2) is 5.90. The summed E-state index contributed by atoms with van der Waals surface area (Å²) in [6.45, 7) is 3.32. The quantitative estimate of drug-likeness (QED) is 0.577. The lowest BCUT2D eigenvalue weighted by Gasteiger charge is -2.44. The van der Waals surface area contributed by atoms with E-state index in [0.717, 1.165) is 19.3 Å². The Morgan fingerprint density at radius 1 is 1.26 bits per heavy atom. The van der Waals surface area contributed by atoms with Crippen molar-refractivity contribution in [2.45, 2.75) is 38.6 Å². The number of urea groups is 1. The molecule has 3 amide bonds. The van der Waals surface area contributed by atoms with Crippen LogP contribution in [0.4, 0.5) is 4.79 Å². The molecule has 1 saturated carbocycles. The highest BCUT2D eigenvalue weighted by atomic mass is 16.4. The normalized spacial score (nSPS) is 30.4. The van der Waals surface area contributed by atoms with E-state index in [4.69, 9.17) is 5.73 Å². The predicted molar refractivity (Wildman–Crippen MR) is 68.3 cm³/mol. The minimum atomic E-state index is -1.29. The smallest absolute Gasteiger partial charge is 0.330 e. The van der Waals surface area contributed by atoms with Gasteiger partial charge in [-0.3, -0.25) is 4.79 Å². The van der Waals surface area contributed by atoms with Crippen LogP contribution in [0.2, 0.25) is 0 Å². The van der Waals surface area contributed by atoms with Gasteiger partial charge in [0.2, 0.25) is 5.91 Å². The molecule has 2 atom stereocenters. The summed E-state index contributed by atoms with van der Waals surface area (Å²) in [5.41, 5.74) is 3.63. The number of amides is 3. The maximum Gasteiger partial charge on any atom is 0.330 e. The second-order valence-electron chi connectivity index (χ2n) is 5.18. The first-order valence-corrected chi connectivity index (χ1v) is 6.38. The summed E-state index contributed by atoms with van der Waals surface area (Å²) in [6, 6.07) is -0.679. The number of nitrogens with one attached hydrogen (secondary N) is 2. The fraction of sp³-hybridized carbons (Fsp3) is 0.750. The standard InChI is InChI=1S/C12H21N3O4/c1-7-4-3-5-8(2)12(7,10(17)18)15-11(19)14-6-9(13)16/h7-8H,3-6H2,1-2H3,(H2,13,16)(H,17,18)(H2,14,15,19). The largest absolute Gasteiger partial charge is 0.479 e. The molecule has 1 aliphatic rings.